The van der Waals surface area contributed by atoms with Gasteiger partial charge in [-0.3, -0.25) is 0 Å². The minimum atomic E-state index is 0.647. The topological polar surface area (TPSA) is 21.3 Å². The van der Waals surface area contributed by atoms with Crippen LogP contribution in [-0.2, 0) is 0 Å². The first kappa shape index (κ1) is 9.71. The predicted molar refractivity (Wildman–Crippen MR) is 62.3 cm³/mol. The van der Waals surface area contributed by atoms with Crippen LogP contribution in [-0.4, -0.2) is 24.7 Å². The molecule has 14 heavy (non-hydrogen) atoms. The number of anilines is 1. The first-order valence-electron chi connectivity index (χ1n) is 4.87. The quantitative estimate of drug-likeness (QED) is 0.827. The zero-order valence-corrected chi connectivity index (χ0v) is 9.14. The number of hydrogen-bond donors (Lipinski definition) is 1. The Morgan fingerprint density at radius 3 is 2.71 bits per heavy atom. The van der Waals surface area contributed by atoms with E-state index in [-0.39, 0.29) is 0 Å². The van der Waals surface area contributed by atoms with E-state index in [2.05, 4.69) is 17.4 Å². The summed E-state index contributed by atoms with van der Waals surface area (Å²) >= 11 is 2.02. The van der Waals surface area contributed by atoms with Crippen LogP contribution in [0.5, 0.6) is 5.75 Å². The van der Waals surface area contributed by atoms with E-state index in [1.807, 2.05) is 23.9 Å². The highest BCUT2D eigenvalue weighted by molar-refractivity contribution is 7.99. The summed E-state index contributed by atoms with van der Waals surface area (Å²) in [5, 5.41) is 3.52. The fourth-order valence-corrected chi connectivity index (χ4v) is 2.72. The average Bonchev–Trinajstić information content (AvgIpc) is 2.72. The molecule has 0 aromatic heterocycles. The lowest BCUT2D eigenvalue weighted by Crippen LogP contribution is -2.17. The summed E-state index contributed by atoms with van der Waals surface area (Å²) in [6, 6.07) is 8.77. The number of thioether (sulfide) groups is 1. The summed E-state index contributed by atoms with van der Waals surface area (Å²) in [5.41, 5.74) is 1.19. The van der Waals surface area contributed by atoms with Crippen molar-refractivity contribution in [2.24, 2.45) is 0 Å². The largest absolute Gasteiger partial charge is 0.497 e. The van der Waals surface area contributed by atoms with Crippen molar-refractivity contribution in [2.45, 2.75) is 12.5 Å². The van der Waals surface area contributed by atoms with E-state index in [1.54, 1.807) is 7.11 Å². The standard InChI is InChI=1S/C11H15NOS/c1-13-11-4-2-9(3-5-11)12-10-6-7-14-8-10/h2-5,10,12H,6-8H2,1H3/t10-/m0/s1. The number of methoxy groups -OCH3 is 1. The number of ether oxygens (including phenoxy) is 1. The molecule has 3 heteroatoms. The molecule has 2 rings (SSSR count). The number of rotatable bonds is 3. The molecule has 0 bridgehead atoms. The van der Waals surface area contributed by atoms with Gasteiger partial charge in [0.05, 0.1) is 7.11 Å². The van der Waals surface area contributed by atoms with Gasteiger partial charge in [0.1, 0.15) is 5.75 Å². The maximum atomic E-state index is 5.11. The minimum absolute atomic E-state index is 0.647. The van der Waals surface area contributed by atoms with Crippen LogP contribution in [0.4, 0.5) is 5.69 Å². The lowest BCUT2D eigenvalue weighted by atomic mass is 10.2. The maximum Gasteiger partial charge on any atom is 0.119 e. The molecule has 0 spiro atoms. The molecule has 1 aromatic carbocycles. The average molecular weight is 209 g/mol. The van der Waals surface area contributed by atoms with Crippen molar-refractivity contribution < 1.29 is 4.74 Å². The molecule has 1 saturated heterocycles. The highest BCUT2D eigenvalue weighted by Crippen LogP contribution is 2.22. The first-order valence-corrected chi connectivity index (χ1v) is 6.02. The van der Waals surface area contributed by atoms with E-state index in [4.69, 9.17) is 4.74 Å². The summed E-state index contributed by atoms with van der Waals surface area (Å²) in [7, 11) is 1.69. The molecule has 76 valence electrons. The van der Waals surface area contributed by atoms with Crippen molar-refractivity contribution in [2.75, 3.05) is 23.9 Å². The molecule has 1 atom stereocenters. The summed E-state index contributed by atoms with van der Waals surface area (Å²) in [5.74, 6) is 3.43. The van der Waals surface area contributed by atoms with E-state index in [9.17, 15) is 0 Å². The Hall–Kier alpha value is -0.830. The summed E-state index contributed by atoms with van der Waals surface area (Å²) in [6.07, 6.45) is 1.27. The highest BCUT2D eigenvalue weighted by Gasteiger charge is 2.14. The molecule has 0 radical (unpaired) electrons. The fourth-order valence-electron chi connectivity index (χ4n) is 1.57. The molecule has 1 aromatic rings. The zero-order chi connectivity index (χ0) is 9.80. The second kappa shape index (κ2) is 4.60. The van der Waals surface area contributed by atoms with Crippen LogP contribution >= 0.6 is 11.8 Å². The second-order valence-electron chi connectivity index (χ2n) is 3.43. The van der Waals surface area contributed by atoms with Crippen molar-refractivity contribution in [1.82, 2.24) is 0 Å². The summed E-state index contributed by atoms with van der Waals surface area (Å²) < 4.78 is 5.11. The predicted octanol–water partition coefficient (Wildman–Crippen LogP) is 2.61. The van der Waals surface area contributed by atoms with E-state index in [0.717, 1.165) is 5.75 Å². The van der Waals surface area contributed by atoms with Crippen LogP contribution in [0.15, 0.2) is 24.3 Å². The van der Waals surface area contributed by atoms with Crippen LogP contribution in [0.3, 0.4) is 0 Å². The number of benzene rings is 1. The van der Waals surface area contributed by atoms with Crippen molar-refractivity contribution in [3.05, 3.63) is 24.3 Å². The lowest BCUT2D eigenvalue weighted by molar-refractivity contribution is 0.415. The lowest BCUT2D eigenvalue weighted by Gasteiger charge is -2.12. The Morgan fingerprint density at radius 2 is 2.14 bits per heavy atom. The van der Waals surface area contributed by atoms with Crippen LogP contribution in [0, 0.1) is 0 Å². The zero-order valence-electron chi connectivity index (χ0n) is 8.32. The Balaban J connectivity index is 1.95. The molecule has 1 heterocycles. The van der Waals surface area contributed by atoms with E-state index in [1.165, 1.54) is 23.6 Å². The van der Waals surface area contributed by atoms with Crippen LogP contribution in [0.25, 0.3) is 0 Å². The van der Waals surface area contributed by atoms with Gasteiger partial charge < -0.3 is 10.1 Å². The van der Waals surface area contributed by atoms with Gasteiger partial charge in [0.15, 0.2) is 0 Å². The Bertz CT molecular complexity index is 280. The van der Waals surface area contributed by atoms with Gasteiger partial charge in [0, 0.05) is 17.5 Å². The minimum Gasteiger partial charge on any atom is -0.497 e. The molecule has 1 aliphatic rings. The van der Waals surface area contributed by atoms with Crippen molar-refractivity contribution in [3.63, 3.8) is 0 Å². The summed E-state index contributed by atoms with van der Waals surface area (Å²) in [6.45, 7) is 0. The third-order valence-electron chi connectivity index (χ3n) is 2.39. The van der Waals surface area contributed by atoms with E-state index >= 15 is 0 Å². The first-order chi connectivity index (χ1) is 6.88. The smallest absolute Gasteiger partial charge is 0.119 e. The Kier molecular flexibility index (Phi) is 3.19. The fraction of sp³-hybridized carbons (Fsp3) is 0.455. The van der Waals surface area contributed by atoms with Crippen molar-refractivity contribution in [3.8, 4) is 5.75 Å². The van der Waals surface area contributed by atoms with Gasteiger partial charge in [0.25, 0.3) is 0 Å². The number of hydrogen-bond acceptors (Lipinski definition) is 3. The SMILES string of the molecule is COc1ccc(N[C@H]2CCSC2)cc1. The summed E-state index contributed by atoms with van der Waals surface area (Å²) in [4.78, 5) is 0. The molecule has 0 saturated carbocycles. The van der Waals surface area contributed by atoms with E-state index in [0.29, 0.717) is 6.04 Å². The van der Waals surface area contributed by atoms with Crippen molar-refractivity contribution in [1.29, 1.82) is 0 Å². The van der Waals surface area contributed by atoms with Crippen LogP contribution in [0.1, 0.15) is 6.42 Å². The van der Waals surface area contributed by atoms with Crippen molar-refractivity contribution >= 4 is 17.4 Å². The van der Waals surface area contributed by atoms with Gasteiger partial charge >= 0.3 is 0 Å². The van der Waals surface area contributed by atoms with Gasteiger partial charge in [-0.05, 0) is 36.4 Å². The molecule has 2 nitrogen and oxygen atoms in total. The highest BCUT2D eigenvalue weighted by atomic mass is 32.2. The van der Waals surface area contributed by atoms with Gasteiger partial charge in [-0.2, -0.15) is 11.8 Å². The Labute approximate surface area is 89.0 Å². The molecular formula is C11H15NOS. The molecule has 1 fully saturated rings. The van der Waals surface area contributed by atoms with Crippen LogP contribution in [0.2, 0.25) is 0 Å². The third kappa shape index (κ3) is 2.35. The third-order valence-corrected chi connectivity index (χ3v) is 3.55. The van der Waals surface area contributed by atoms with Gasteiger partial charge in [-0.15, -0.1) is 0 Å². The molecule has 0 aliphatic carbocycles. The Morgan fingerprint density at radius 1 is 1.36 bits per heavy atom. The molecule has 1 aliphatic heterocycles. The number of nitrogens with one attached hydrogen (secondary N) is 1. The monoisotopic (exact) mass is 209 g/mol. The van der Waals surface area contributed by atoms with Gasteiger partial charge in [0.2, 0.25) is 0 Å². The molecule has 1 N–H and O–H groups in total. The van der Waals surface area contributed by atoms with Gasteiger partial charge in [-0.1, -0.05) is 0 Å². The second-order valence-corrected chi connectivity index (χ2v) is 4.58. The molecule has 0 amide bonds. The molecular weight excluding hydrogens is 194 g/mol. The molecule has 0 unspecified atom stereocenters. The van der Waals surface area contributed by atoms with Crippen LogP contribution < -0.4 is 10.1 Å². The van der Waals surface area contributed by atoms with Gasteiger partial charge in [-0.25, -0.2) is 0 Å². The normalized spacial score (nSPS) is 20.8. The maximum absolute atomic E-state index is 5.11. The van der Waals surface area contributed by atoms with E-state index < -0.39 is 0 Å².